The van der Waals surface area contributed by atoms with Crippen molar-refractivity contribution in [3.63, 3.8) is 0 Å². The molecule has 2 aliphatic rings. The van der Waals surface area contributed by atoms with Gasteiger partial charge in [0.25, 0.3) is 5.91 Å². The van der Waals surface area contributed by atoms with Gasteiger partial charge in [0.15, 0.2) is 0 Å². The third-order valence-corrected chi connectivity index (χ3v) is 6.13. The van der Waals surface area contributed by atoms with Crippen LogP contribution in [0.4, 0.5) is 5.69 Å². The van der Waals surface area contributed by atoms with Crippen LogP contribution in [0.5, 0.6) is 5.75 Å². The van der Waals surface area contributed by atoms with Crippen molar-refractivity contribution in [1.29, 1.82) is 0 Å². The molecule has 3 aromatic carbocycles. The number of rotatable bonds is 2. The number of nitrogen functional groups attached to an aromatic ring is 1. The van der Waals surface area contributed by atoms with Gasteiger partial charge < -0.3 is 20.5 Å². The molecule has 1 amide bonds. The Balaban J connectivity index is 1.65. The van der Waals surface area contributed by atoms with Crippen molar-refractivity contribution < 1.29 is 14.6 Å². The summed E-state index contributed by atoms with van der Waals surface area (Å²) >= 11 is 0. The Morgan fingerprint density at radius 3 is 2.53 bits per heavy atom. The van der Waals surface area contributed by atoms with Crippen LogP contribution in [0.2, 0.25) is 0 Å². The SMILES string of the molecule is CC1(C)Oc2ccc(-c3c(N)c(=O)c3=O)cc2[C@@H](N2Cc3ccccc3C2=O)[C@@H]1O. The van der Waals surface area contributed by atoms with E-state index in [-0.39, 0.29) is 17.2 Å². The lowest BCUT2D eigenvalue weighted by molar-refractivity contribution is -0.0867. The number of amides is 1. The molecule has 2 aliphatic heterocycles. The van der Waals surface area contributed by atoms with Crippen molar-refractivity contribution >= 4 is 11.6 Å². The highest BCUT2D eigenvalue weighted by molar-refractivity contribution is 5.98. The summed E-state index contributed by atoms with van der Waals surface area (Å²) in [4.78, 5) is 38.4. The van der Waals surface area contributed by atoms with Gasteiger partial charge in [0.1, 0.15) is 17.5 Å². The van der Waals surface area contributed by atoms with E-state index < -0.39 is 28.6 Å². The quantitative estimate of drug-likeness (QED) is 0.630. The van der Waals surface area contributed by atoms with Gasteiger partial charge in [-0.1, -0.05) is 24.3 Å². The maximum absolute atomic E-state index is 13.1. The van der Waals surface area contributed by atoms with Crippen LogP contribution in [0.15, 0.2) is 52.1 Å². The van der Waals surface area contributed by atoms with Crippen molar-refractivity contribution in [2.45, 2.75) is 38.1 Å². The molecule has 0 bridgehead atoms. The van der Waals surface area contributed by atoms with E-state index in [4.69, 9.17) is 10.5 Å². The summed E-state index contributed by atoms with van der Waals surface area (Å²) in [6.45, 7) is 3.90. The number of fused-ring (bicyclic) bond motifs is 2. The number of aliphatic hydroxyl groups is 1. The second kappa shape index (κ2) is 6.03. The van der Waals surface area contributed by atoms with Crippen LogP contribution in [0.1, 0.15) is 41.4 Å². The van der Waals surface area contributed by atoms with Crippen molar-refractivity contribution in [3.8, 4) is 16.9 Å². The molecule has 0 unspecified atom stereocenters. The Bertz CT molecular complexity index is 1290. The Hall–Kier alpha value is -3.45. The van der Waals surface area contributed by atoms with Gasteiger partial charge in [-0.2, -0.15) is 0 Å². The lowest BCUT2D eigenvalue weighted by Crippen LogP contribution is -2.53. The monoisotopic (exact) mass is 404 g/mol. The molecule has 0 aliphatic carbocycles. The van der Waals surface area contributed by atoms with Crippen LogP contribution in [0, 0.1) is 0 Å². The van der Waals surface area contributed by atoms with E-state index in [9.17, 15) is 19.5 Å². The highest BCUT2D eigenvalue weighted by atomic mass is 16.5. The van der Waals surface area contributed by atoms with E-state index in [1.807, 2.05) is 18.2 Å². The average Bonchev–Trinajstić information content (AvgIpc) is 3.05. The molecular weight excluding hydrogens is 384 g/mol. The first-order valence-electron chi connectivity index (χ1n) is 9.70. The molecule has 2 heterocycles. The van der Waals surface area contributed by atoms with Gasteiger partial charge in [0, 0.05) is 17.7 Å². The lowest BCUT2D eigenvalue weighted by atomic mass is 9.84. The molecule has 0 radical (unpaired) electrons. The Morgan fingerprint density at radius 2 is 1.83 bits per heavy atom. The van der Waals surface area contributed by atoms with Gasteiger partial charge in [-0.05, 0) is 43.2 Å². The van der Waals surface area contributed by atoms with Gasteiger partial charge in [-0.3, -0.25) is 14.4 Å². The maximum Gasteiger partial charge on any atom is 0.255 e. The van der Waals surface area contributed by atoms with Crippen LogP contribution in [0.25, 0.3) is 11.1 Å². The summed E-state index contributed by atoms with van der Waals surface area (Å²) in [6, 6.07) is 11.7. The second-order valence-electron chi connectivity index (χ2n) is 8.38. The minimum Gasteiger partial charge on any atom is -0.485 e. The zero-order valence-electron chi connectivity index (χ0n) is 16.5. The number of nitrogens with zero attached hydrogens (tertiary/aromatic N) is 1. The summed E-state index contributed by atoms with van der Waals surface area (Å²) in [5.41, 5.74) is 6.12. The fourth-order valence-electron chi connectivity index (χ4n) is 4.46. The molecule has 7 nitrogen and oxygen atoms in total. The smallest absolute Gasteiger partial charge is 0.255 e. The largest absolute Gasteiger partial charge is 0.485 e. The maximum atomic E-state index is 13.1. The van der Waals surface area contributed by atoms with Crippen molar-refractivity contribution in [2.75, 3.05) is 5.73 Å². The molecule has 152 valence electrons. The first kappa shape index (κ1) is 18.6. The summed E-state index contributed by atoms with van der Waals surface area (Å²) in [7, 11) is 0. The van der Waals surface area contributed by atoms with Gasteiger partial charge in [-0.25, -0.2) is 0 Å². The molecule has 0 saturated carbocycles. The fourth-order valence-corrected chi connectivity index (χ4v) is 4.46. The Labute approximate surface area is 172 Å². The van der Waals surface area contributed by atoms with Crippen LogP contribution in [0.3, 0.4) is 0 Å². The highest BCUT2D eigenvalue weighted by Gasteiger charge is 2.48. The number of aliphatic hydroxyl groups excluding tert-OH is 1. The van der Waals surface area contributed by atoms with E-state index in [1.54, 1.807) is 43.0 Å². The van der Waals surface area contributed by atoms with E-state index in [0.29, 0.717) is 29.0 Å². The molecule has 0 spiro atoms. The molecule has 0 aromatic heterocycles. The normalized spacial score (nSPS) is 22.0. The zero-order chi connectivity index (χ0) is 21.4. The molecule has 0 fully saturated rings. The molecular formula is C23H20N2O5. The van der Waals surface area contributed by atoms with Crippen LogP contribution in [-0.4, -0.2) is 27.6 Å². The molecule has 3 aromatic rings. The summed E-state index contributed by atoms with van der Waals surface area (Å²) in [6.07, 6.45) is -1.01. The molecule has 2 atom stereocenters. The summed E-state index contributed by atoms with van der Waals surface area (Å²) in [5.74, 6) is 0.345. The standard InChI is InChI=1S/C23H20N2O5/c1-23(2)21(28)18(25-10-12-5-3-4-6-13(12)22(25)29)14-9-11(7-8-15(14)30-23)16-17(24)20(27)19(16)26/h3-9,18,21,28H,10,24H2,1-2H3/t18-,21+/m1/s1. The fraction of sp³-hybridized carbons (Fsp3) is 0.261. The summed E-state index contributed by atoms with van der Waals surface area (Å²) in [5, 5.41) is 11.2. The molecule has 3 N–H and O–H groups in total. The van der Waals surface area contributed by atoms with E-state index in [2.05, 4.69) is 0 Å². The third-order valence-electron chi connectivity index (χ3n) is 6.13. The van der Waals surface area contributed by atoms with Crippen LogP contribution in [-0.2, 0) is 6.54 Å². The van der Waals surface area contributed by atoms with Gasteiger partial charge in [0.05, 0.1) is 17.3 Å². The number of anilines is 1. The Morgan fingerprint density at radius 1 is 1.10 bits per heavy atom. The van der Waals surface area contributed by atoms with E-state index in [1.165, 1.54) is 0 Å². The van der Waals surface area contributed by atoms with Gasteiger partial charge in [0.2, 0.25) is 10.9 Å². The number of carbonyl (C=O) groups is 1. The number of hydrogen-bond acceptors (Lipinski definition) is 6. The number of carbonyl (C=O) groups excluding carboxylic acids is 1. The molecule has 5 rings (SSSR count). The minimum absolute atomic E-state index is 0.0706. The summed E-state index contributed by atoms with van der Waals surface area (Å²) < 4.78 is 6.01. The van der Waals surface area contributed by atoms with Crippen molar-refractivity contribution in [3.05, 3.63) is 79.6 Å². The van der Waals surface area contributed by atoms with Crippen molar-refractivity contribution in [2.24, 2.45) is 0 Å². The van der Waals surface area contributed by atoms with Crippen molar-refractivity contribution in [1.82, 2.24) is 4.90 Å². The molecule has 30 heavy (non-hydrogen) atoms. The Kier molecular flexibility index (Phi) is 3.73. The average molecular weight is 404 g/mol. The third kappa shape index (κ3) is 2.39. The predicted octanol–water partition coefficient (Wildman–Crippen LogP) is 1.76. The van der Waals surface area contributed by atoms with E-state index in [0.717, 1.165) is 5.56 Å². The topological polar surface area (TPSA) is 110 Å². The molecule has 7 heteroatoms. The highest BCUT2D eigenvalue weighted by Crippen LogP contribution is 2.46. The number of hydrogen-bond donors (Lipinski definition) is 2. The minimum atomic E-state index is -1.01. The van der Waals surface area contributed by atoms with E-state index >= 15 is 0 Å². The predicted molar refractivity (Wildman–Crippen MR) is 111 cm³/mol. The first-order chi connectivity index (χ1) is 14.2. The number of ether oxygens (including phenoxy) is 1. The molecule has 0 saturated heterocycles. The number of nitrogens with two attached hydrogens (primary N) is 1. The lowest BCUT2D eigenvalue weighted by Gasteiger charge is -2.45. The zero-order valence-corrected chi connectivity index (χ0v) is 16.5. The van der Waals surface area contributed by atoms with Crippen LogP contribution >= 0.6 is 0 Å². The van der Waals surface area contributed by atoms with Crippen LogP contribution < -0.4 is 21.3 Å². The second-order valence-corrected chi connectivity index (χ2v) is 8.38. The first-order valence-corrected chi connectivity index (χ1v) is 9.70. The van der Waals surface area contributed by atoms with Gasteiger partial charge >= 0.3 is 0 Å². The van der Waals surface area contributed by atoms with Gasteiger partial charge in [-0.15, -0.1) is 0 Å². The number of benzene rings is 2.